The fourth-order valence-corrected chi connectivity index (χ4v) is 1.09. The highest BCUT2D eigenvalue weighted by Crippen LogP contribution is 2.29. The number of aromatic hydroxyl groups is 1. The molecule has 0 aliphatic carbocycles. The quantitative estimate of drug-likeness (QED) is 0.593. The van der Waals surface area contributed by atoms with Gasteiger partial charge in [0.15, 0.2) is 11.5 Å². The first-order valence-corrected chi connectivity index (χ1v) is 4.64. The van der Waals surface area contributed by atoms with E-state index >= 15 is 0 Å². The second-order valence-electron chi connectivity index (χ2n) is 3.15. The molecule has 0 aliphatic heterocycles. The van der Waals surface area contributed by atoms with Crippen LogP contribution in [-0.2, 0) is 4.79 Å². The maximum Gasteiger partial charge on any atom is 0.311 e. The van der Waals surface area contributed by atoms with Crippen molar-refractivity contribution in [2.45, 2.75) is 26.7 Å². The second kappa shape index (κ2) is 4.65. The van der Waals surface area contributed by atoms with E-state index in [1.165, 1.54) is 0 Å². The van der Waals surface area contributed by atoms with Gasteiger partial charge in [0.25, 0.3) is 0 Å². The Hall–Kier alpha value is -1.51. The van der Waals surface area contributed by atoms with Crippen LogP contribution in [0.1, 0.15) is 25.3 Å². The molecule has 0 aliphatic rings. The largest absolute Gasteiger partial charge is 0.504 e. The van der Waals surface area contributed by atoms with Crippen LogP contribution < -0.4 is 4.74 Å². The highest BCUT2D eigenvalue weighted by Gasteiger charge is 2.08. The van der Waals surface area contributed by atoms with Crippen molar-refractivity contribution in [3.05, 3.63) is 23.8 Å². The minimum atomic E-state index is -0.312. The Morgan fingerprint density at radius 3 is 2.86 bits per heavy atom. The van der Waals surface area contributed by atoms with Crippen LogP contribution >= 0.6 is 0 Å². The molecule has 0 unspecified atom stereocenters. The molecular formula is C11H14O3. The fraction of sp³-hybridized carbons (Fsp3) is 0.364. The van der Waals surface area contributed by atoms with E-state index in [2.05, 4.69) is 0 Å². The lowest BCUT2D eigenvalue weighted by Crippen LogP contribution is -2.07. The molecule has 1 aromatic rings. The minimum absolute atomic E-state index is 0.0388. The molecule has 0 spiro atoms. The molecule has 0 amide bonds. The van der Waals surface area contributed by atoms with E-state index in [-0.39, 0.29) is 17.5 Å². The summed E-state index contributed by atoms with van der Waals surface area (Å²) >= 11 is 0. The average Bonchev–Trinajstić information content (AvgIpc) is 2.13. The van der Waals surface area contributed by atoms with Gasteiger partial charge in [-0.2, -0.15) is 0 Å². The molecule has 76 valence electrons. The number of hydrogen-bond acceptors (Lipinski definition) is 3. The number of hydrogen-bond donors (Lipinski definition) is 1. The summed E-state index contributed by atoms with van der Waals surface area (Å²) < 4.78 is 4.98. The normalized spacial score (nSPS) is 9.86. The number of ether oxygens (including phenoxy) is 1. The average molecular weight is 194 g/mol. The summed E-state index contributed by atoms with van der Waals surface area (Å²) in [5.74, 6) is -0.0335. The molecule has 3 heteroatoms. The summed E-state index contributed by atoms with van der Waals surface area (Å²) in [4.78, 5) is 11.1. The zero-order chi connectivity index (χ0) is 10.6. The van der Waals surface area contributed by atoms with Crippen LogP contribution in [0.3, 0.4) is 0 Å². The summed E-state index contributed by atoms with van der Waals surface area (Å²) in [6.45, 7) is 3.66. The van der Waals surface area contributed by atoms with Gasteiger partial charge < -0.3 is 9.84 Å². The molecule has 0 atom stereocenters. The second-order valence-corrected chi connectivity index (χ2v) is 3.15. The molecule has 1 aromatic carbocycles. The molecule has 1 N–H and O–H groups in total. The van der Waals surface area contributed by atoms with Gasteiger partial charge in [-0.1, -0.05) is 19.1 Å². The summed E-state index contributed by atoms with van der Waals surface area (Å²) in [6, 6.07) is 5.08. The molecule has 0 aromatic heterocycles. The summed E-state index contributed by atoms with van der Waals surface area (Å²) in [5, 5.41) is 9.54. The number of rotatable bonds is 3. The topological polar surface area (TPSA) is 46.5 Å². The van der Waals surface area contributed by atoms with Gasteiger partial charge in [0, 0.05) is 6.42 Å². The van der Waals surface area contributed by atoms with Crippen LogP contribution in [0.15, 0.2) is 18.2 Å². The number of carbonyl (C=O) groups excluding carboxylic acids is 1. The van der Waals surface area contributed by atoms with Crippen molar-refractivity contribution in [1.82, 2.24) is 0 Å². The lowest BCUT2D eigenvalue weighted by atomic mass is 10.2. The number of benzene rings is 1. The van der Waals surface area contributed by atoms with E-state index < -0.39 is 0 Å². The highest BCUT2D eigenvalue weighted by molar-refractivity contribution is 5.73. The van der Waals surface area contributed by atoms with Crippen molar-refractivity contribution in [1.29, 1.82) is 0 Å². The van der Waals surface area contributed by atoms with Gasteiger partial charge in [-0.05, 0) is 25.0 Å². The molecule has 0 saturated heterocycles. The Kier molecular flexibility index (Phi) is 3.51. The predicted molar refractivity (Wildman–Crippen MR) is 53.4 cm³/mol. The SMILES string of the molecule is CCCC(=O)Oc1cccc(C)c1O. The monoisotopic (exact) mass is 194 g/mol. The van der Waals surface area contributed by atoms with Gasteiger partial charge in [-0.15, -0.1) is 0 Å². The third-order valence-electron chi connectivity index (χ3n) is 1.88. The van der Waals surface area contributed by atoms with E-state index in [0.29, 0.717) is 12.0 Å². The maximum atomic E-state index is 11.1. The van der Waals surface area contributed by atoms with Gasteiger partial charge in [-0.25, -0.2) is 0 Å². The number of phenols is 1. The van der Waals surface area contributed by atoms with Crippen LogP contribution in [0.25, 0.3) is 0 Å². The molecule has 0 heterocycles. The Bertz CT molecular complexity index is 331. The van der Waals surface area contributed by atoms with Crippen molar-refractivity contribution in [3.8, 4) is 11.5 Å². The lowest BCUT2D eigenvalue weighted by Gasteiger charge is -2.06. The molecular weight excluding hydrogens is 180 g/mol. The van der Waals surface area contributed by atoms with Gasteiger partial charge in [0.05, 0.1) is 0 Å². The molecule has 14 heavy (non-hydrogen) atoms. The Morgan fingerprint density at radius 1 is 1.50 bits per heavy atom. The molecule has 0 radical (unpaired) electrons. The first-order chi connectivity index (χ1) is 6.65. The van der Waals surface area contributed by atoms with Gasteiger partial charge in [0.1, 0.15) is 0 Å². The van der Waals surface area contributed by atoms with Crippen LogP contribution in [0, 0.1) is 6.92 Å². The molecule has 0 bridgehead atoms. The third-order valence-corrected chi connectivity index (χ3v) is 1.88. The minimum Gasteiger partial charge on any atom is -0.504 e. The van der Waals surface area contributed by atoms with Crippen LogP contribution in [0.4, 0.5) is 0 Å². The third kappa shape index (κ3) is 2.49. The van der Waals surface area contributed by atoms with E-state index in [1.54, 1.807) is 25.1 Å². The van der Waals surface area contributed by atoms with Crippen molar-refractivity contribution in [3.63, 3.8) is 0 Å². The smallest absolute Gasteiger partial charge is 0.311 e. The maximum absolute atomic E-state index is 11.1. The van der Waals surface area contributed by atoms with Crippen LogP contribution in [0.5, 0.6) is 11.5 Å². The number of carbonyl (C=O) groups is 1. The zero-order valence-corrected chi connectivity index (χ0v) is 8.41. The molecule has 0 fully saturated rings. The zero-order valence-electron chi connectivity index (χ0n) is 8.41. The Morgan fingerprint density at radius 2 is 2.21 bits per heavy atom. The molecule has 3 nitrogen and oxygen atoms in total. The van der Waals surface area contributed by atoms with E-state index in [0.717, 1.165) is 6.42 Å². The lowest BCUT2D eigenvalue weighted by molar-refractivity contribution is -0.134. The van der Waals surface area contributed by atoms with E-state index in [9.17, 15) is 9.90 Å². The van der Waals surface area contributed by atoms with E-state index in [1.807, 2.05) is 6.92 Å². The van der Waals surface area contributed by atoms with E-state index in [4.69, 9.17) is 4.74 Å². The standard InChI is InChI=1S/C11H14O3/c1-3-5-10(12)14-9-7-4-6-8(2)11(9)13/h4,6-7,13H,3,5H2,1-2H3. The number of aryl methyl sites for hydroxylation is 1. The van der Waals surface area contributed by atoms with Crippen molar-refractivity contribution >= 4 is 5.97 Å². The fourth-order valence-electron chi connectivity index (χ4n) is 1.09. The van der Waals surface area contributed by atoms with Crippen molar-refractivity contribution < 1.29 is 14.6 Å². The highest BCUT2D eigenvalue weighted by atomic mass is 16.5. The molecule has 1 rings (SSSR count). The predicted octanol–water partition coefficient (Wildman–Crippen LogP) is 2.41. The van der Waals surface area contributed by atoms with Gasteiger partial charge in [0.2, 0.25) is 0 Å². The van der Waals surface area contributed by atoms with Crippen molar-refractivity contribution in [2.24, 2.45) is 0 Å². The first-order valence-electron chi connectivity index (χ1n) is 4.64. The summed E-state index contributed by atoms with van der Waals surface area (Å²) in [6.07, 6.45) is 1.11. The van der Waals surface area contributed by atoms with Crippen LogP contribution in [0.2, 0.25) is 0 Å². The summed E-state index contributed by atoms with van der Waals surface area (Å²) in [5.41, 5.74) is 0.701. The Labute approximate surface area is 83.3 Å². The van der Waals surface area contributed by atoms with Crippen molar-refractivity contribution in [2.75, 3.05) is 0 Å². The molecule has 0 saturated carbocycles. The van der Waals surface area contributed by atoms with Gasteiger partial charge in [-0.3, -0.25) is 4.79 Å². The van der Waals surface area contributed by atoms with Gasteiger partial charge >= 0.3 is 5.97 Å². The number of esters is 1. The first kappa shape index (κ1) is 10.6. The summed E-state index contributed by atoms with van der Waals surface area (Å²) in [7, 11) is 0. The van der Waals surface area contributed by atoms with Crippen LogP contribution in [-0.4, -0.2) is 11.1 Å². The number of para-hydroxylation sites is 1. The Balaban J connectivity index is 2.76. The number of phenolic OH excluding ortho intramolecular Hbond substituents is 1.